The zero-order valence-electron chi connectivity index (χ0n) is 33.1. The number of rotatable bonds is 11. The number of H-pyrrole nitrogens is 2. The fourth-order valence-electron chi connectivity index (χ4n) is 8.54. The number of nitrogens with zero attached hydrogens (tertiary/aromatic N) is 4. The summed E-state index contributed by atoms with van der Waals surface area (Å²) in [6.07, 6.45) is 5.03. The molecule has 0 bridgehead atoms. The molecule has 5 amide bonds. The summed E-state index contributed by atoms with van der Waals surface area (Å²) in [4.78, 5) is 70.3. The van der Waals surface area contributed by atoms with Gasteiger partial charge in [0.05, 0.1) is 37.0 Å². The van der Waals surface area contributed by atoms with Crippen LogP contribution in [0.25, 0.3) is 11.3 Å². The number of benzene rings is 1. The van der Waals surface area contributed by atoms with Crippen LogP contribution in [0.5, 0.6) is 0 Å². The monoisotopic (exact) mass is 797 g/mol. The minimum atomic E-state index is -4.68. The number of urea groups is 1. The number of methoxy groups -OCH3 is 1. The summed E-state index contributed by atoms with van der Waals surface area (Å²) in [7, 11) is 2.56. The average molecular weight is 798 g/mol. The molecule has 6 rings (SSSR count). The van der Waals surface area contributed by atoms with Gasteiger partial charge < -0.3 is 40.5 Å². The smallest absolute Gasteiger partial charge is 0.407 e. The summed E-state index contributed by atoms with van der Waals surface area (Å²) < 4.78 is 45.9. The molecule has 310 valence electrons. The second-order valence-electron chi connectivity index (χ2n) is 15.8. The Morgan fingerprint density at radius 3 is 1.91 bits per heavy atom. The zero-order valence-corrected chi connectivity index (χ0v) is 33.1. The molecular weight excluding hydrogens is 743 g/mol. The van der Waals surface area contributed by atoms with Gasteiger partial charge in [0.1, 0.15) is 23.7 Å². The first-order valence-corrected chi connectivity index (χ1v) is 19.9. The van der Waals surface area contributed by atoms with Crippen LogP contribution in [-0.4, -0.2) is 99.2 Å². The van der Waals surface area contributed by atoms with Gasteiger partial charge in [-0.25, -0.2) is 19.6 Å². The lowest BCUT2D eigenvalue weighted by Gasteiger charge is -2.32. The number of hydrogen-bond donors (Lipinski definition) is 5. The van der Waals surface area contributed by atoms with Crippen LogP contribution in [0.2, 0.25) is 0 Å². The quantitative estimate of drug-likeness (QED) is 0.148. The summed E-state index contributed by atoms with van der Waals surface area (Å²) in [5, 5.41) is 7.13. The Balaban J connectivity index is 1.05. The molecule has 1 unspecified atom stereocenters. The molecule has 17 heteroatoms. The number of amides is 5. The Morgan fingerprint density at radius 2 is 1.35 bits per heavy atom. The number of hydrogen-bond acceptors (Lipinski definition) is 7. The summed E-state index contributed by atoms with van der Waals surface area (Å²) in [5.41, 5.74) is 3.96. The molecule has 5 atom stereocenters. The Kier molecular flexibility index (Phi) is 12.8. The summed E-state index contributed by atoms with van der Waals surface area (Å²) in [6, 6.07) is 4.27. The lowest BCUT2D eigenvalue weighted by Crippen LogP contribution is -2.56. The zero-order chi connectivity index (χ0) is 41.0. The molecule has 2 saturated heterocycles. The molecule has 1 aliphatic carbocycles. The molecular formula is C40H54F3N9O5. The molecule has 2 aliphatic heterocycles. The average Bonchev–Trinajstić information content (AvgIpc) is 4.04. The minimum Gasteiger partial charge on any atom is -0.453 e. The van der Waals surface area contributed by atoms with Crippen molar-refractivity contribution in [1.82, 2.24) is 45.7 Å². The standard InChI is InChI=1S/C40H54F3N9O5/c1-22(2)32(50-39(56)57-5)36(53)51-18-6-8-30(51)34-45-20-28(47-34)26-14-10-24(11-15-26)25-12-16-27(17-13-25)29-21-46-35(48-29)31-9-7-19-52(31)37(54)33(49-38(55)44-4)23(3)40(41,42)43/h12-13,16-17,20-24,26,30-33H,6-11,14-15,18-19H2,1-5H3,(H,45,47)(H,46,48)(H,50,56)(H2,44,49,55)/t23?,24-,26-,30-,31-,32-,33-/m0/s1. The third-order valence-corrected chi connectivity index (χ3v) is 12.0. The van der Waals surface area contributed by atoms with Crippen LogP contribution >= 0.6 is 0 Å². The van der Waals surface area contributed by atoms with Crippen molar-refractivity contribution in [2.24, 2.45) is 11.8 Å². The summed E-state index contributed by atoms with van der Waals surface area (Å²) >= 11 is 0. The van der Waals surface area contributed by atoms with Crippen molar-refractivity contribution in [2.45, 2.75) is 114 Å². The molecule has 3 fully saturated rings. The van der Waals surface area contributed by atoms with Crippen LogP contribution in [0, 0.1) is 11.8 Å². The van der Waals surface area contributed by atoms with E-state index in [1.807, 2.05) is 37.1 Å². The molecule has 14 nitrogen and oxygen atoms in total. The number of aromatic nitrogens is 4. The van der Waals surface area contributed by atoms with Gasteiger partial charge in [-0.2, -0.15) is 13.2 Å². The van der Waals surface area contributed by atoms with Crippen molar-refractivity contribution < 1.29 is 37.1 Å². The van der Waals surface area contributed by atoms with E-state index in [2.05, 4.69) is 43.0 Å². The van der Waals surface area contributed by atoms with Crippen LogP contribution in [0.15, 0.2) is 36.7 Å². The van der Waals surface area contributed by atoms with E-state index in [4.69, 9.17) is 9.72 Å². The third-order valence-electron chi connectivity index (χ3n) is 12.0. The fraction of sp³-hybridized carbons (Fsp3) is 0.600. The number of ether oxygens (including phenoxy) is 1. The van der Waals surface area contributed by atoms with E-state index < -0.39 is 48.3 Å². The van der Waals surface area contributed by atoms with E-state index in [1.54, 1.807) is 6.20 Å². The van der Waals surface area contributed by atoms with Gasteiger partial charge in [0.2, 0.25) is 11.8 Å². The van der Waals surface area contributed by atoms with Gasteiger partial charge in [0.25, 0.3) is 0 Å². The van der Waals surface area contributed by atoms with Crippen molar-refractivity contribution >= 4 is 23.9 Å². The first kappa shape index (κ1) is 41.5. The van der Waals surface area contributed by atoms with E-state index >= 15 is 0 Å². The van der Waals surface area contributed by atoms with E-state index in [-0.39, 0.29) is 24.4 Å². The first-order valence-electron chi connectivity index (χ1n) is 19.9. The van der Waals surface area contributed by atoms with Crippen molar-refractivity contribution in [3.05, 3.63) is 59.6 Å². The minimum absolute atomic E-state index is 0.106. The highest BCUT2D eigenvalue weighted by Gasteiger charge is 2.48. The molecule has 0 radical (unpaired) electrons. The fourth-order valence-corrected chi connectivity index (χ4v) is 8.54. The SMILES string of the molecule is CNC(=O)N[C@H](C(=O)N1CCC[C@H]1c1ncc(-c2ccc([C@H]3CC[C@H](c4cnc([C@@H]5CCCN5C(=O)[C@@H](NC(=O)OC)C(C)C)[nH]4)CC3)cc2)[nH]1)C(C)C(F)(F)F. The van der Waals surface area contributed by atoms with Gasteiger partial charge in [-0.05, 0) is 74.3 Å². The molecule has 1 aromatic carbocycles. The molecule has 4 heterocycles. The van der Waals surface area contributed by atoms with Crippen LogP contribution in [0.4, 0.5) is 22.8 Å². The summed E-state index contributed by atoms with van der Waals surface area (Å²) in [6.45, 7) is 5.55. The number of halogens is 3. The predicted octanol–water partition coefficient (Wildman–Crippen LogP) is 6.44. The first-order chi connectivity index (χ1) is 27.2. The van der Waals surface area contributed by atoms with Gasteiger partial charge in [0.15, 0.2) is 0 Å². The Labute approximate surface area is 330 Å². The maximum atomic E-state index is 13.7. The normalized spacial score (nSPS) is 22.9. The topological polar surface area (TPSA) is 177 Å². The van der Waals surface area contributed by atoms with E-state index in [9.17, 15) is 32.3 Å². The van der Waals surface area contributed by atoms with Crippen LogP contribution in [-0.2, 0) is 14.3 Å². The van der Waals surface area contributed by atoms with Gasteiger partial charge in [-0.1, -0.05) is 45.0 Å². The second kappa shape index (κ2) is 17.6. The van der Waals surface area contributed by atoms with Gasteiger partial charge >= 0.3 is 18.3 Å². The maximum Gasteiger partial charge on any atom is 0.407 e. The Morgan fingerprint density at radius 1 is 0.789 bits per heavy atom. The highest BCUT2D eigenvalue weighted by molar-refractivity contribution is 5.88. The van der Waals surface area contributed by atoms with Gasteiger partial charge in [0, 0.05) is 37.9 Å². The van der Waals surface area contributed by atoms with Crippen molar-refractivity contribution in [1.29, 1.82) is 0 Å². The van der Waals surface area contributed by atoms with Gasteiger partial charge in [-0.15, -0.1) is 0 Å². The lowest BCUT2D eigenvalue weighted by molar-refractivity contribution is -0.182. The molecule has 5 N–H and O–H groups in total. The largest absolute Gasteiger partial charge is 0.453 e. The number of alkyl carbamates (subject to hydrolysis) is 1. The Bertz CT molecular complexity index is 1870. The molecule has 3 aliphatic rings. The van der Waals surface area contributed by atoms with Crippen molar-refractivity contribution in [3.63, 3.8) is 0 Å². The molecule has 3 aromatic rings. The highest BCUT2D eigenvalue weighted by Crippen LogP contribution is 2.42. The number of carbonyl (C=O) groups is 4. The third kappa shape index (κ3) is 9.22. The molecule has 0 spiro atoms. The van der Waals surface area contributed by atoms with Gasteiger partial charge in [-0.3, -0.25) is 9.59 Å². The van der Waals surface area contributed by atoms with E-state index in [0.717, 1.165) is 68.2 Å². The molecule has 2 aromatic heterocycles. The van der Waals surface area contributed by atoms with E-state index in [0.29, 0.717) is 37.0 Å². The molecule has 57 heavy (non-hydrogen) atoms. The van der Waals surface area contributed by atoms with Crippen molar-refractivity contribution in [3.8, 4) is 11.3 Å². The van der Waals surface area contributed by atoms with Crippen LogP contribution < -0.4 is 16.0 Å². The highest BCUT2D eigenvalue weighted by atomic mass is 19.4. The molecule has 1 saturated carbocycles. The van der Waals surface area contributed by atoms with Crippen LogP contribution in [0.1, 0.15) is 119 Å². The summed E-state index contributed by atoms with van der Waals surface area (Å²) in [5.74, 6) is -1.14. The Hall–Kier alpha value is -5.09. The van der Waals surface area contributed by atoms with Crippen molar-refractivity contribution in [2.75, 3.05) is 27.2 Å². The second-order valence-corrected chi connectivity index (χ2v) is 15.8. The van der Waals surface area contributed by atoms with E-state index in [1.165, 1.54) is 24.6 Å². The maximum absolute atomic E-state index is 13.7. The predicted molar refractivity (Wildman–Crippen MR) is 205 cm³/mol. The number of carbonyl (C=O) groups excluding carboxylic acids is 4. The van der Waals surface area contributed by atoms with Crippen LogP contribution in [0.3, 0.4) is 0 Å². The number of likely N-dealkylation sites (tertiary alicyclic amines) is 2. The number of imidazole rings is 2. The number of aromatic amines is 2. The number of nitrogens with one attached hydrogen (secondary N) is 5. The number of alkyl halides is 3. The lowest BCUT2D eigenvalue weighted by atomic mass is 9.77.